The second kappa shape index (κ2) is 34.8. The number of carbonyl (C=O) groups excluding carboxylic acids is 3. The average molecular weight is 1240 g/mol. The van der Waals surface area contributed by atoms with Crippen molar-refractivity contribution in [2.45, 2.75) is 6.42 Å². The topological polar surface area (TPSA) is 255 Å². The average Bonchev–Trinajstić information content (AvgIpc) is 3.62. The molecule has 0 aromatic heterocycles. The van der Waals surface area contributed by atoms with Crippen molar-refractivity contribution in [2.75, 3.05) is 55.6 Å². The molecule has 0 bridgehead atoms. The summed E-state index contributed by atoms with van der Waals surface area (Å²) in [6.07, 6.45) is 3.43. The molecule has 0 atom stereocenters. The largest absolute Gasteiger partial charge is 0.490 e. The molecule has 0 heterocycles. The molecule has 0 unspecified atom stereocenters. The molecule has 0 saturated heterocycles. The van der Waals surface area contributed by atoms with Crippen LogP contribution in [0.2, 0.25) is 10.0 Å². The fourth-order valence-corrected chi connectivity index (χ4v) is 8.04. The summed E-state index contributed by atoms with van der Waals surface area (Å²) in [7, 11) is 0. The molecule has 3 amide bonds. The number of hydrogen-bond donors (Lipinski definition) is 6. The molecule has 0 fully saturated rings. The van der Waals surface area contributed by atoms with Crippen molar-refractivity contribution in [2.24, 2.45) is 0 Å². The molecule has 18 nitrogen and oxygen atoms in total. The number of rotatable bonds is 26. The monoisotopic (exact) mass is 1240 g/mol. The first-order valence-corrected chi connectivity index (χ1v) is 28.1. The highest BCUT2D eigenvalue weighted by atomic mass is 35.5. The summed E-state index contributed by atoms with van der Waals surface area (Å²) in [6.45, 7) is 1.54. The lowest BCUT2D eigenvalue weighted by molar-refractivity contribution is -0.115. The van der Waals surface area contributed by atoms with Gasteiger partial charge in [-0.15, -0.1) is 0 Å². The number of carbonyl (C=O) groups is 6. The second-order valence-corrected chi connectivity index (χ2v) is 19.5. The molecule has 9 aromatic carbocycles. The maximum Gasteiger partial charge on any atom is 0.335 e. The Bertz CT molecular complexity index is 3800. The smallest absolute Gasteiger partial charge is 0.335 e. The van der Waals surface area contributed by atoms with Gasteiger partial charge in [0.1, 0.15) is 74.1 Å². The van der Waals surface area contributed by atoms with Gasteiger partial charge in [-0.1, -0.05) is 102 Å². The normalized spacial score (nSPS) is 10.4. The standard InChI is InChI=1S/C24H21NO5.C23H20ClNO5.C22H18ClNO5/c26-23(15-10-18-6-2-1-3-7-18)25-21-8-4-5-9-22(21)30-17-16-29-20-13-11-19(12-14-20)24(27)28;24-18-9-5-16(6-10-18)15-22(26)25-20-3-1-2-4-21(20)30-14-13-29-19-11-7-17(8-12-19)23(27)28;23-17-9-5-15(6-10-17)21(25)24-19-3-1-2-4-20(19)29-14-13-28-18-11-7-16(8-12-18)22(26)27/h1-15H,16-17H2,(H,25,26)(H,27,28);1-12H,13-15H2,(H,25,26)(H,27,28);1-12H,13-14H2,(H,24,25)(H,26,27)/b15-10+;;. The van der Waals surface area contributed by atoms with E-state index >= 15 is 0 Å². The van der Waals surface area contributed by atoms with Crippen LogP contribution in [0.3, 0.4) is 0 Å². The lowest BCUT2D eigenvalue weighted by Gasteiger charge is -2.13. The van der Waals surface area contributed by atoms with Gasteiger partial charge in [-0.05, 0) is 163 Å². The third-order valence-electron chi connectivity index (χ3n) is 12.2. The van der Waals surface area contributed by atoms with Gasteiger partial charge in [0.25, 0.3) is 5.91 Å². The number of aromatic carboxylic acids is 3. The van der Waals surface area contributed by atoms with Gasteiger partial charge in [0.2, 0.25) is 11.8 Å². The summed E-state index contributed by atoms with van der Waals surface area (Å²) in [5.74, 6) is -0.429. The quantitative estimate of drug-likeness (QED) is 0.0218. The highest BCUT2D eigenvalue weighted by molar-refractivity contribution is 6.31. The van der Waals surface area contributed by atoms with E-state index in [0.717, 1.165) is 11.1 Å². The van der Waals surface area contributed by atoms with Gasteiger partial charge < -0.3 is 59.7 Å². The van der Waals surface area contributed by atoms with Crippen molar-refractivity contribution < 1.29 is 72.5 Å². The van der Waals surface area contributed by atoms with Crippen molar-refractivity contribution in [1.29, 1.82) is 0 Å². The Morgan fingerprint density at radius 1 is 0.360 bits per heavy atom. The van der Waals surface area contributed by atoms with Crippen LogP contribution in [0.4, 0.5) is 17.1 Å². The van der Waals surface area contributed by atoms with E-state index in [0.29, 0.717) is 67.2 Å². The van der Waals surface area contributed by atoms with Crippen molar-refractivity contribution >= 4 is 82.0 Å². The summed E-state index contributed by atoms with van der Waals surface area (Å²) >= 11 is 11.7. The minimum absolute atomic E-state index is 0.164. The van der Waals surface area contributed by atoms with Crippen molar-refractivity contribution in [3.05, 3.63) is 274 Å². The molecule has 0 spiro atoms. The van der Waals surface area contributed by atoms with E-state index in [1.807, 2.05) is 66.7 Å². The zero-order chi connectivity index (χ0) is 63.2. The van der Waals surface area contributed by atoms with Gasteiger partial charge >= 0.3 is 17.9 Å². The maximum atomic E-state index is 12.4. The number of hydrogen-bond acceptors (Lipinski definition) is 12. The fourth-order valence-electron chi connectivity index (χ4n) is 7.79. The Labute approximate surface area is 522 Å². The Hall–Kier alpha value is -11.1. The van der Waals surface area contributed by atoms with E-state index in [4.69, 9.17) is 66.9 Å². The molecular weight excluding hydrogens is 1180 g/mol. The van der Waals surface area contributed by atoms with Crippen molar-refractivity contribution in [3.63, 3.8) is 0 Å². The third-order valence-corrected chi connectivity index (χ3v) is 12.7. The summed E-state index contributed by atoms with van der Waals surface area (Å²) < 4.78 is 33.8. The number of halogens is 2. The predicted molar refractivity (Wildman–Crippen MR) is 340 cm³/mol. The first-order valence-electron chi connectivity index (χ1n) is 27.3. The van der Waals surface area contributed by atoms with Crippen LogP contribution >= 0.6 is 23.2 Å². The molecule has 454 valence electrons. The molecule has 6 N–H and O–H groups in total. The zero-order valence-electron chi connectivity index (χ0n) is 47.5. The third kappa shape index (κ3) is 22.7. The Morgan fingerprint density at radius 2 is 0.697 bits per heavy atom. The number of carboxylic acids is 3. The molecule has 0 saturated carbocycles. The van der Waals surface area contributed by atoms with Gasteiger partial charge in [0, 0.05) is 21.7 Å². The van der Waals surface area contributed by atoms with E-state index in [1.54, 1.807) is 127 Å². The van der Waals surface area contributed by atoms with Crippen LogP contribution in [-0.4, -0.2) is 90.6 Å². The van der Waals surface area contributed by atoms with E-state index in [1.165, 1.54) is 42.5 Å². The van der Waals surface area contributed by atoms with Crippen LogP contribution in [0.1, 0.15) is 52.6 Å². The minimum atomic E-state index is -0.989. The second-order valence-electron chi connectivity index (χ2n) is 18.6. The minimum Gasteiger partial charge on any atom is -0.490 e. The van der Waals surface area contributed by atoms with Crippen LogP contribution in [0.15, 0.2) is 231 Å². The Kier molecular flexibility index (Phi) is 25.6. The number of ether oxygens (including phenoxy) is 6. The number of anilines is 3. The first-order chi connectivity index (χ1) is 43.1. The Morgan fingerprint density at radius 3 is 1.10 bits per heavy atom. The molecule has 0 aliphatic rings. The summed E-state index contributed by atoms with van der Waals surface area (Å²) in [4.78, 5) is 69.5. The van der Waals surface area contributed by atoms with Gasteiger partial charge in [0.05, 0.1) is 40.2 Å². The van der Waals surface area contributed by atoms with Gasteiger partial charge in [-0.25, -0.2) is 14.4 Å². The lowest BCUT2D eigenvalue weighted by atomic mass is 10.1. The van der Waals surface area contributed by atoms with Crippen LogP contribution in [0.25, 0.3) is 6.08 Å². The molecular formula is C69H59Cl2N3O15. The highest BCUT2D eigenvalue weighted by Gasteiger charge is 2.13. The highest BCUT2D eigenvalue weighted by Crippen LogP contribution is 2.27. The maximum absolute atomic E-state index is 12.4. The van der Waals surface area contributed by atoms with Gasteiger partial charge in [0.15, 0.2) is 0 Å². The zero-order valence-corrected chi connectivity index (χ0v) is 49.0. The molecule has 20 heteroatoms. The first kappa shape index (κ1) is 65.5. The molecule has 9 aromatic rings. The molecule has 0 aliphatic heterocycles. The van der Waals surface area contributed by atoms with Crippen molar-refractivity contribution in [3.8, 4) is 34.5 Å². The SMILES string of the molecule is O=C(/C=C/c1ccccc1)Nc1ccccc1OCCOc1ccc(C(=O)O)cc1.O=C(Cc1ccc(Cl)cc1)Nc1ccccc1OCCOc1ccc(C(=O)O)cc1.O=C(O)c1ccc(OCCOc2ccccc2NC(=O)c2ccc(Cl)cc2)cc1. The van der Waals surface area contributed by atoms with E-state index in [-0.39, 0.29) is 80.5 Å². The number of para-hydroxylation sites is 6. The van der Waals surface area contributed by atoms with Gasteiger partial charge in [-0.3, -0.25) is 14.4 Å². The van der Waals surface area contributed by atoms with E-state index in [2.05, 4.69) is 16.0 Å². The van der Waals surface area contributed by atoms with Crippen molar-refractivity contribution in [1.82, 2.24) is 0 Å². The molecule has 89 heavy (non-hydrogen) atoms. The molecule has 9 rings (SSSR count). The van der Waals surface area contributed by atoms with Crippen LogP contribution in [-0.2, 0) is 16.0 Å². The van der Waals surface area contributed by atoms with Crippen LogP contribution in [0, 0.1) is 0 Å². The number of benzene rings is 9. The number of amides is 3. The van der Waals surface area contributed by atoms with Crippen LogP contribution < -0.4 is 44.4 Å². The number of nitrogens with one attached hydrogen (secondary N) is 3. The summed E-state index contributed by atoms with van der Waals surface area (Å²) in [5, 5.41) is 36.4. The number of carboxylic acid groups (broad SMARTS) is 3. The predicted octanol–water partition coefficient (Wildman–Crippen LogP) is 13.9. The van der Waals surface area contributed by atoms with Gasteiger partial charge in [-0.2, -0.15) is 0 Å². The van der Waals surface area contributed by atoms with Crippen LogP contribution in [0.5, 0.6) is 34.5 Å². The van der Waals surface area contributed by atoms with E-state index < -0.39 is 17.9 Å². The Balaban J connectivity index is 0.000000190. The fraction of sp³-hybridized carbons (Fsp3) is 0.101. The van der Waals surface area contributed by atoms with E-state index in [9.17, 15) is 28.8 Å². The molecule has 0 aliphatic carbocycles. The molecule has 0 radical (unpaired) electrons. The summed E-state index contributed by atoms with van der Waals surface area (Å²) in [6, 6.07) is 63.1. The summed E-state index contributed by atoms with van der Waals surface area (Å²) in [5.41, 5.74) is 4.54. The lowest BCUT2D eigenvalue weighted by Crippen LogP contribution is -2.16.